The molecule has 2 heterocycles. The summed E-state index contributed by atoms with van der Waals surface area (Å²) in [5.41, 5.74) is 3.66. The minimum absolute atomic E-state index is 0.159. The van der Waals surface area contributed by atoms with Gasteiger partial charge in [0.2, 0.25) is 0 Å². The third-order valence-corrected chi connectivity index (χ3v) is 6.21. The van der Waals surface area contributed by atoms with E-state index in [1.165, 1.54) is 23.1 Å². The van der Waals surface area contributed by atoms with Crippen molar-refractivity contribution in [1.29, 1.82) is 5.26 Å². The van der Waals surface area contributed by atoms with Crippen molar-refractivity contribution in [1.82, 2.24) is 14.5 Å². The highest BCUT2D eigenvalue weighted by atomic mass is 32.2. The van der Waals surface area contributed by atoms with E-state index >= 15 is 0 Å². The Morgan fingerprint density at radius 2 is 1.93 bits per heavy atom. The largest absolute Gasteiger partial charge is 0.297 e. The van der Waals surface area contributed by atoms with Gasteiger partial charge in [0.25, 0.3) is 0 Å². The second-order valence-electron chi connectivity index (χ2n) is 6.20. The van der Waals surface area contributed by atoms with Crippen molar-refractivity contribution >= 4 is 39.9 Å². The molecular weight excluding hydrogens is 388 g/mol. The number of carbonyl (C=O) groups is 1. The third kappa shape index (κ3) is 3.57. The summed E-state index contributed by atoms with van der Waals surface area (Å²) in [6.45, 7) is 1.86. The summed E-state index contributed by atoms with van der Waals surface area (Å²) < 4.78 is 2.04. The Morgan fingerprint density at radius 1 is 1.18 bits per heavy atom. The second kappa shape index (κ2) is 7.97. The molecule has 0 aliphatic heterocycles. The monoisotopic (exact) mass is 404 g/mol. The van der Waals surface area contributed by atoms with Crippen LogP contribution in [0, 0.1) is 18.3 Å². The van der Waals surface area contributed by atoms with Crippen LogP contribution in [-0.2, 0) is 4.79 Å². The lowest BCUT2D eigenvalue weighted by molar-refractivity contribution is -0.116. The first-order valence-electron chi connectivity index (χ1n) is 8.67. The van der Waals surface area contributed by atoms with E-state index in [0.29, 0.717) is 5.01 Å². The summed E-state index contributed by atoms with van der Waals surface area (Å²) in [7, 11) is 0. The molecule has 0 saturated heterocycles. The number of hydrogen-bond donors (Lipinski definition) is 0. The van der Waals surface area contributed by atoms with Crippen molar-refractivity contribution in [3.8, 4) is 11.8 Å². The molecule has 7 heteroatoms. The minimum atomic E-state index is -0.833. The van der Waals surface area contributed by atoms with E-state index < -0.39 is 5.92 Å². The molecule has 138 valence electrons. The molecule has 0 saturated carbocycles. The number of ketones is 1. The van der Waals surface area contributed by atoms with E-state index in [1.807, 2.05) is 71.5 Å². The smallest absolute Gasteiger partial charge is 0.174 e. The number of fused-ring (bicyclic) bond motifs is 1. The van der Waals surface area contributed by atoms with Crippen molar-refractivity contribution in [2.45, 2.75) is 18.0 Å². The van der Waals surface area contributed by atoms with Gasteiger partial charge in [-0.3, -0.25) is 9.36 Å². The molecule has 5 nitrogen and oxygen atoms in total. The molecule has 1 atom stereocenters. The van der Waals surface area contributed by atoms with Crippen LogP contribution in [0.2, 0.25) is 0 Å². The summed E-state index contributed by atoms with van der Waals surface area (Å²) in [5, 5.41) is 12.6. The zero-order valence-electron chi connectivity index (χ0n) is 15.1. The Bertz CT molecular complexity index is 1170. The van der Waals surface area contributed by atoms with E-state index in [9.17, 15) is 10.1 Å². The average Bonchev–Trinajstić information content (AvgIpc) is 3.31. The van der Waals surface area contributed by atoms with E-state index in [-0.39, 0.29) is 11.5 Å². The lowest BCUT2D eigenvalue weighted by Crippen LogP contribution is -2.13. The molecule has 0 aliphatic carbocycles. The summed E-state index contributed by atoms with van der Waals surface area (Å²) >= 11 is 2.70. The number of nitriles is 1. The highest BCUT2D eigenvalue weighted by Crippen LogP contribution is 2.29. The van der Waals surface area contributed by atoms with Gasteiger partial charge in [-0.25, -0.2) is 9.97 Å². The van der Waals surface area contributed by atoms with Crippen molar-refractivity contribution in [3.63, 3.8) is 0 Å². The van der Waals surface area contributed by atoms with Crippen molar-refractivity contribution in [3.05, 3.63) is 70.7 Å². The van der Waals surface area contributed by atoms with Gasteiger partial charge in [0.05, 0.1) is 22.9 Å². The summed E-state index contributed by atoms with van der Waals surface area (Å²) in [6, 6.07) is 19.9. The van der Waals surface area contributed by atoms with Gasteiger partial charge in [-0.1, -0.05) is 42.1 Å². The van der Waals surface area contributed by atoms with Gasteiger partial charge in [-0.15, -0.1) is 11.3 Å². The zero-order chi connectivity index (χ0) is 19.5. The molecule has 0 N–H and O–H groups in total. The van der Waals surface area contributed by atoms with Crippen LogP contribution in [0.3, 0.4) is 0 Å². The maximum Gasteiger partial charge on any atom is 0.174 e. The van der Waals surface area contributed by atoms with Crippen LogP contribution in [-0.4, -0.2) is 26.1 Å². The number of Topliss-reactive ketones (excluding diaryl/α,β-unsaturated/α-hetero) is 1. The van der Waals surface area contributed by atoms with Gasteiger partial charge >= 0.3 is 0 Å². The number of hydrogen-bond acceptors (Lipinski definition) is 6. The SMILES string of the molecule is Cc1csc(C(C#N)C(=O)CSc2nc3ccccc3n2-c2ccccc2)n1. The van der Waals surface area contributed by atoms with Crippen LogP contribution < -0.4 is 0 Å². The molecule has 0 aliphatic rings. The number of rotatable bonds is 6. The van der Waals surface area contributed by atoms with Crippen molar-refractivity contribution in [2.75, 3.05) is 5.75 Å². The molecule has 2 aromatic heterocycles. The summed E-state index contributed by atoms with van der Waals surface area (Å²) in [6.07, 6.45) is 0. The lowest BCUT2D eigenvalue weighted by Gasteiger charge is -2.09. The Hall–Kier alpha value is -2.95. The van der Waals surface area contributed by atoms with E-state index in [0.717, 1.165) is 27.6 Å². The van der Waals surface area contributed by atoms with E-state index in [2.05, 4.69) is 11.1 Å². The Kier molecular flexibility index (Phi) is 5.24. The van der Waals surface area contributed by atoms with Crippen LogP contribution in [0.5, 0.6) is 0 Å². The summed E-state index contributed by atoms with van der Waals surface area (Å²) in [5.74, 6) is -0.832. The maximum absolute atomic E-state index is 12.7. The number of para-hydroxylation sites is 3. The Labute approximate surface area is 170 Å². The number of thiazole rings is 1. The predicted octanol–water partition coefficient (Wildman–Crippen LogP) is 4.76. The van der Waals surface area contributed by atoms with Gasteiger partial charge in [-0.2, -0.15) is 5.26 Å². The zero-order valence-corrected chi connectivity index (χ0v) is 16.7. The fourth-order valence-corrected chi connectivity index (χ4v) is 4.71. The topological polar surface area (TPSA) is 71.6 Å². The fraction of sp³-hybridized carbons (Fsp3) is 0.143. The molecule has 1 unspecified atom stereocenters. The maximum atomic E-state index is 12.7. The molecule has 0 fully saturated rings. The molecule has 2 aromatic carbocycles. The first-order chi connectivity index (χ1) is 13.7. The molecular formula is C21H16N4OS2. The first kappa shape index (κ1) is 18.4. The molecule has 0 radical (unpaired) electrons. The first-order valence-corrected chi connectivity index (χ1v) is 10.5. The molecule has 0 spiro atoms. The summed E-state index contributed by atoms with van der Waals surface area (Å²) in [4.78, 5) is 21.7. The number of aromatic nitrogens is 3. The normalized spacial score (nSPS) is 12.0. The van der Waals surface area contributed by atoms with E-state index in [1.54, 1.807) is 0 Å². The number of aryl methyl sites for hydroxylation is 1. The quantitative estimate of drug-likeness (QED) is 0.433. The standard InChI is InChI=1S/C21H16N4OS2/c1-14-12-27-20(23-14)16(11-22)19(26)13-28-21-24-17-9-5-6-10-18(17)25(21)15-7-3-2-4-8-15/h2-10,12,16H,13H2,1H3. The Morgan fingerprint density at radius 3 is 2.64 bits per heavy atom. The third-order valence-electron chi connectivity index (χ3n) is 4.22. The van der Waals surface area contributed by atoms with Crippen LogP contribution in [0.25, 0.3) is 16.7 Å². The Balaban J connectivity index is 1.63. The van der Waals surface area contributed by atoms with Gasteiger partial charge in [-0.05, 0) is 31.2 Å². The second-order valence-corrected chi connectivity index (χ2v) is 8.03. The molecule has 4 rings (SSSR count). The van der Waals surface area contributed by atoms with Crippen LogP contribution in [0.4, 0.5) is 0 Å². The number of imidazole rings is 1. The predicted molar refractivity (Wildman–Crippen MR) is 112 cm³/mol. The van der Waals surface area contributed by atoms with Gasteiger partial charge in [0, 0.05) is 16.8 Å². The van der Waals surface area contributed by atoms with Crippen LogP contribution >= 0.6 is 23.1 Å². The molecule has 0 bridgehead atoms. The molecule has 0 amide bonds. The van der Waals surface area contributed by atoms with Crippen LogP contribution in [0.15, 0.2) is 65.1 Å². The van der Waals surface area contributed by atoms with Crippen LogP contribution in [0.1, 0.15) is 16.6 Å². The molecule has 28 heavy (non-hydrogen) atoms. The van der Waals surface area contributed by atoms with E-state index in [4.69, 9.17) is 4.98 Å². The highest BCUT2D eigenvalue weighted by Gasteiger charge is 2.24. The minimum Gasteiger partial charge on any atom is -0.297 e. The number of thioether (sulfide) groups is 1. The number of benzene rings is 2. The number of nitrogens with zero attached hydrogens (tertiary/aromatic N) is 4. The highest BCUT2D eigenvalue weighted by molar-refractivity contribution is 7.99. The van der Waals surface area contributed by atoms with Gasteiger partial charge < -0.3 is 0 Å². The van der Waals surface area contributed by atoms with Gasteiger partial charge in [0.1, 0.15) is 5.01 Å². The van der Waals surface area contributed by atoms with Gasteiger partial charge in [0.15, 0.2) is 16.9 Å². The number of carbonyl (C=O) groups excluding carboxylic acids is 1. The lowest BCUT2D eigenvalue weighted by atomic mass is 10.1. The van der Waals surface area contributed by atoms with Crippen molar-refractivity contribution < 1.29 is 4.79 Å². The fourth-order valence-electron chi connectivity index (χ4n) is 2.92. The average molecular weight is 405 g/mol. The molecule has 4 aromatic rings. The van der Waals surface area contributed by atoms with Crippen molar-refractivity contribution in [2.24, 2.45) is 0 Å².